The number of rotatable bonds is 5. The molecule has 6 heteroatoms. The average molecular weight is 310 g/mol. The number of aromatic nitrogens is 3. The van der Waals surface area contributed by atoms with Crippen LogP contribution in [0.2, 0.25) is 0 Å². The summed E-state index contributed by atoms with van der Waals surface area (Å²) in [5.41, 5.74) is 8.04. The van der Waals surface area contributed by atoms with Gasteiger partial charge in [0.1, 0.15) is 17.3 Å². The van der Waals surface area contributed by atoms with Crippen molar-refractivity contribution in [1.29, 1.82) is 0 Å². The highest BCUT2D eigenvalue weighted by molar-refractivity contribution is 5.57. The number of benzene rings is 2. The molecule has 0 saturated heterocycles. The van der Waals surface area contributed by atoms with E-state index in [9.17, 15) is 0 Å². The molecule has 0 aliphatic carbocycles. The quantitative estimate of drug-likeness (QED) is 0.756. The summed E-state index contributed by atoms with van der Waals surface area (Å²) in [5, 5.41) is 7.16. The fourth-order valence-corrected chi connectivity index (χ4v) is 2.30. The Bertz CT molecular complexity index is 801. The molecule has 0 aliphatic rings. The maximum absolute atomic E-state index is 6.27. The molecule has 1 unspecified atom stereocenters. The topological polar surface area (TPSA) is 86.0 Å². The van der Waals surface area contributed by atoms with Crippen molar-refractivity contribution in [2.24, 2.45) is 5.73 Å². The minimum atomic E-state index is -0.406. The number of methoxy groups -OCH3 is 2. The van der Waals surface area contributed by atoms with Crippen molar-refractivity contribution in [3.05, 3.63) is 59.9 Å². The number of nitrogens with one attached hydrogen (secondary N) is 1. The van der Waals surface area contributed by atoms with Crippen LogP contribution in [0.15, 0.2) is 48.5 Å². The lowest BCUT2D eigenvalue weighted by atomic mass is 10.1. The van der Waals surface area contributed by atoms with Crippen molar-refractivity contribution in [3.8, 4) is 22.9 Å². The van der Waals surface area contributed by atoms with Crippen LogP contribution < -0.4 is 15.2 Å². The lowest BCUT2D eigenvalue weighted by molar-refractivity contribution is 0.414. The predicted molar refractivity (Wildman–Crippen MR) is 87.4 cm³/mol. The van der Waals surface area contributed by atoms with Gasteiger partial charge >= 0.3 is 0 Å². The zero-order valence-corrected chi connectivity index (χ0v) is 13.0. The number of ether oxygens (including phenoxy) is 2. The number of H-pyrrole nitrogens is 1. The molecule has 1 atom stereocenters. The first kappa shape index (κ1) is 15.1. The summed E-state index contributed by atoms with van der Waals surface area (Å²) in [6.45, 7) is 0. The van der Waals surface area contributed by atoms with Gasteiger partial charge in [0.25, 0.3) is 0 Å². The fraction of sp³-hybridized carbons (Fsp3) is 0.176. The molecule has 0 bridgehead atoms. The Morgan fingerprint density at radius 1 is 1.00 bits per heavy atom. The van der Waals surface area contributed by atoms with E-state index < -0.39 is 6.04 Å². The average Bonchev–Trinajstić information content (AvgIpc) is 3.11. The molecule has 1 heterocycles. The van der Waals surface area contributed by atoms with Gasteiger partial charge in [0.2, 0.25) is 0 Å². The molecule has 3 N–H and O–H groups in total. The Labute approximate surface area is 134 Å². The molecule has 1 aromatic heterocycles. The van der Waals surface area contributed by atoms with Crippen LogP contribution in [0.3, 0.4) is 0 Å². The first-order chi connectivity index (χ1) is 11.2. The first-order valence-electron chi connectivity index (χ1n) is 7.17. The van der Waals surface area contributed by atoms with E-state index >= 15 is 0 Å². The highest BCUT2D eigenvalue weighted by Gasteiger charge is 2.15. The predicted octanol–water partition coefficient (Wildman–Crippen LogP) is 2.54. The zero-order valence-electron chi connectivity index (χ0n) is 13.0. The lowest BCUT2D eigenvalue weighted by Gasteiger charge is -2.09. The lowest BCUT2D eigenvalue weighted by Crippen LogP contribution is -2.13. The van der Waals surface area contributed by atoms with Crippen molar-refractivity contribution < 1.29 is 9.47 Å². The summed E-state index contributed by atoms with van der Waals surface area (Å²) >= 11 is 0. The molecule has 0 amide bonds. The van der Waals surface area contributed by atoms with E-state index in [0.29, 0.717) is 11.6 Å². The van der Waals surface area contributed by atoms with Gasteiger partial charge in [0.05, 0.1) is 20.3 Å². The van der Waals surface area contributed by atoms with Gasteiger partial charge in [-0.05, 0) is 29.8 Å². The van der Waals surface area contributed by atoms with E-state index in [1.165, 1.54) is 0 Å². The molecule has 0 radical (unpaired) electrons. The summed E-state index contributed by atoms with van der Waals surface area (Å²) in [6.07, 6.45) is 0. The normalized spacial score (nSPS) is 12.0. The fourth-order valence-electron chi connectivity index (χ4n) is 2.30. The Hall–Kier alpha value is -2.86. The Morgan fingerprint density at radius 3 is 2.43 bits per heavy atom. The minimum absolute atomic E-state index is 0.406. The molecule has 0 aliphatic heterocycles. The van der Waals surface area contributed by atoms with Gasteiger partial charge in [0.15, 0.2) is 5.82 Å². The number of nitrogens with two attached hydrogens (primary N) is 1. The molecule has 3 rings (SSSR count). The van der Waals surface area contributed by atoms with Crippen LogP contribution in [0.5, 0.6) is 11.5 Å². The van der Waals surface area contributed by atoms with Gasteiger partial charge in [0, 0.05) is 5.56 Å². The second kappa shape index (κ2) is 6.50. The zero-order chi connectivity index (χ0) is 16.2. The summed E-state index contributed by atoms with van der Waals surface area (Å²) < 4.78 is 10.4. The molecule has 23 heavy (non-hydrogen) atoms. The van der Waals surface area contributed by atoms with E-state index in [1.54, 1.807) is 14.2 Å². The SMILES string of the molecule is COc1cccc(-c2n[nH]c(C(N)c3cccc(OC)c3)n2)c1. The second-order valence-corrected chi connectivity index (χ2v) is 5.03. The summed E-state index contributed by atoms with van der Waals surface area (Å²) in [7, 11) is 3.25. The summed E-state index contributed by atoms with van der Waals surface area (Å²) in [4.78, 5) is 4.50. The van der Waals surface area contributed by atoms with Crippen molar-refractivity contribution in [2.45, 2.75) is 6.04 Å². The van der Waals surface area contributed by atoms with Crippen LogP contribution in [0.4, 0.5) is 0 Å². The number of aromatic amines is 1. The number of hydrogen-bond donors (Lipinski definition) is 2. The third kappa shape index (κ3) is 3.17. The molecular weight excluding hydrogens is 292 g/mol. The molecule has 0 saturated carbocycles. The van der Waals surface area contributed by atoms with E-state index in [0.717, 1.165) is 22.6 Å². The Balaban J connectivity index is 1.88. The first-order valence-corrected chi connectivity index (χ1v) is 7.17. The van der Waals surface area contributed by atoms with Gasteiger partial charge in [-0.15, -0.1) is 0 Å². The van der Waals surface area contributed by atoms with Crippen LogP contribution in [0.25, 0.3) is 11.4 Å². The molecule has 6 nitrogen and oxygen atoms in total. The Morgan fingerprint density at radius 2 is 1.70 bits per heavy atom. The van der Waals surface area contributed by atoms with Crippen LogP contribution in [-0.2, 0) is 0 Å². The van der Waals surface area contributed by atoms with Crippen molar-refractivity contribution in [1.82, 2.24) is 15.2 Å². The highest BCUT2D eigenvalue weighted by atomic mass is 16.5. The van der Waals surface area contributed by atoms with E-state index in [1.807, 2.05) is 48.5 Å². The van der Waals surface area contributed by atoms with E-state index in [2.05, 4.69) is 15.2 Å². The Kier molecular flexibility index (Phi) is 4.25. The summed E-state index contributed by atoms with van der Waals surface area (Å²) in [5.74, 6) is 2.68. The van der Waals surface area contributed by atoms with Gasteiger partial charge in [-0.2, -0.15) is 5.10 Å². The smallest absolute Gasteiger partial charge is 0.181 e. The van der Waals surface area contributed by atoms with Crippen molar-refractivity contribution in [3.63, 3.8) is 0 Å². The monoisotopic (exact) mass is 310 g/mol. The van der Waals surface area contributed by atoms with Crippen molar-refractivity contribution in [2.75, 3.05) is 14.2 Å². The van der Waals surface area contributed by atoms with Gasteiger partial charge in [-0.3, -0.25) is 5.10 Å². The molecule has 0 fully saturated rings. The van der Waals surface area contributed by atoms with Gasteiger partial charge in [-0.1, -0.05) is 24.3 Å². The van der Waals surface area contributed by atoms with Crippen LogP contribution in [0.1, 0.15) is 17.4 Å². The maximum Gasteiger partial charge on any atom is 0.181 e. The van der Waals surface area contributed by atoms with Crippen molar-refractivity contribution >= 4 is 0 Å². The molecule has 3 aromatic rings. The highest BCUT2D eigenvalue weighted by Crippen LogP contribution is 2.24. The second-order valence-electron chi connectivity index (χ2n) is 5.03. The number of nitrogens with zero attached hydrogens (tertiary/aromatic N) is 2. The standard InChI is InChI=1S/C17H18N4O2/c1-22-13-7-3-5-11(9-13)15(18)17-19-16(20-21-17)12-6-4-8-14(10-12)23-2/h3-10,15H,18H2,1-2H3,(H,19,20,21). The van der Waals surface area contributed by atoms with Crippen LogP contribution in [-0.4, -0.2) is 29.4 Å². The third-order valence-electron chi connectivity index (χ3n) is 3.58. The molecule has 2 aromatic carbocycles. The molecular formula is C17H18N4O2. The third-order valence-corrected chi connectivity index (χ3v) is 3.58. The minimum Gasteiger partial charge on any atom is -0.497 e. The maximum atomic E-state index is 6.27. The largest absolute Gasteiger partial charge is 0.497 e. The van der Waals surface area contributed by atoms with Crippen LogP contribution >= 0.6 is 0 Å². The van der Waals surface area contributed by atoms with Gasteiger partial charge < -0.3 is 15.2 Å². The summed E-state index contributed by atoms with van der Waals surface area (Å²) in [6, 6.07) is 14.8. The van der Waals surface area contributed by atoms with E-state index in [-0.39, 0.29) is 0 Å². The van der Waals surface area contributed by atoms with Crippen LogP contribution in [0, 0.1) is 0 Å². The van der Waals surface area contributed by atoms with Gasteiger partial charge in [-0.25, -0.2) is 4.98 Å². The molecule has 0 spiro atoms. The molecule has 118 valence electrons. The van der Waals surface area contributed by atoms with E-state index in [4.69, 9.17) is 15.2 Å². The number of hydrogen-bond acceptors (Lipinski definition) is 5.